The Kier molecular flexibility index (Phi) is 9.41. The van der Waals surface area contributed by atoms with Crippen LogP contribution in [0.4, 0.5) is 4.39 Å². The molecule has 6 heteroatoms. The minimum Gasteiger partial charge on any atom is -0.484 e. The smallest absolute Gasteiger partial charge is 0.261 e. The lowest BCUT2D eigenvalue weighted by atomic mass is 10.0. The summed E-state index contributed by atoms with van der Waals surface area (Å²) in [6, 6.07) is 22.3. The largest absolute Gasteiger partial charge is 0.484 e. The minimum atomic E-state index is -0.755. The molecule has 35 heavy (non-hydrogen) atoms. The summed E-state index contributed by atoms with van der Waals surface area (Å²) in [4.78, 5) is 28.4. The molecule has 0 fully saturated rings. The molecule has 0 aliphatic carbocycles. The van der Waals surface area contributed by atoms with Crippen LogP contribution in [-0.4, -0.2) is 35.9 Å². The summed E-state index contributed by atoms with van der Waals surface area (Å²) in [5.41, 5.74) is 2.58. The molecule has 0 aliphatic heterocycles. The van der Waals surface area contributed by atoms with Gasteiger partial charge in [-0.2, -0.15) is 0 Å². The van der Waals surface area contributed by atoms with Crippen LogP contribution in [0.2, 0.25) is 0 Å². The first-order chi connectivity index (χ1) is 16.8. The number of nitrogens with one attached hydrogen (secondary N) is 1. The van der Waals surface area contributed by atoms with E-state index in [0.717, 1.165) is 16.7 Å². The molecule has 3 rings (SSSR count). The molecule has 3 aromatic rings. The lowest BCUT2D eigenvalue weighted by Gasteiger charge is -2.31. The zero-order chi connectivity index (χ0) is 25.2. The molecule has 1 N–H and O–H groups in total. The quantitative estimate of drug-likeness (QED) is 0.427. The highest BCUT2D eigenvalue weighted by Crippen LogP contribution is 2.19. The van der Waals surface area contributed by atoms with Gasteiger partial charge in [0, 0.05) is 19.5 Å². The van der Waals surface area contributed by atoms with Gasteiger partial charge in [0.05, 0.1) is 0 Å². The average Bonchev–Trinajstić information content (AvgIpc) is 2.85. The van der Waals surface area contributed by atoms with Crippen LogP contribution in [0.1, 0.15) is 30.5 Å². The fourth-order valence-electron chi connectivity index (χ4n) is 3.70. The van der Waals surface area contributed by atoms with E-state index in [9.17, 15) is 14.0 Å². The summed E-state index contributed by atoms with van der Waals surface area (Å²) in [7, 11) is 0. The molecule has 0 saturated heterocycles. The van der Waals surface area contributed by atoms with E-state index in [0.29, 0.717) is 18.7 Å². The molecule has 0 radical (unpaired) electrons. The fraction of sp³-hybridized carbons (Fsp3) is 0.310. The summed E-state index contributed by atoms with van der Waals surface area (Å²) in [6.45, 7) is 6.39. The second-order valence-electron chi connectivity index (χ2n) is 9.05. The number of amides is 2. The van der Waals surface area contributed by atoms with Gasteiger partial charge < -0.3 is 15.0 Å². The molecule has 2 amide bonds. The van der Waals surface area contributed by atoms with Crippen molar-refractivity contribution in [3.63, 3.8) is 0 Å². The topological polar surface area (TPSA) is 58.6 Å². The van der Waals surface area contributed by atoms with E-state index >= 15 is 0 Å². The highest BCUT2D eigenvalue weighted by atomic mass is 19.1. The fourth-order valence-corrected chi connectivity index (χ4v) is 3.70. The first kappa shape index (κ1) is 25.9. The minimum absolute atomic E-state index is 0.156. The third-order valence-corrected chi connectivity index (χ3v) is 5.67. The number of carbonyl (C=O) groups excluding carboxylic acids is 2. The normalized spacial score (nSPS) is 11.7. The molecule has 3 aromatic carbocycles. The maximum absolute atomic E-state index is 13.5. The monoisotopic (exact) mass is 476 g/mol. The van der Waals surface area contributed by atoms with Crippen LogP contribution in [0.5, 0.6) is 5.75 Å². The number of para-hydroxylation sites is 1. The Morgan fingerprint density at radius 2 is 1.57 bits per heavy atom. The van der Waals surface area contributed by atoms with E-state index in [2.05, 4.69) is 5.32 Å². The first-order valence-corrected chi connectivity index (χ1v) is 11.9. The number of ether oxygens (including phenoxy) is 1. The third-order valence-electron chi connectivity index (χ3n) is 5.67. The van der Waals surface area contributed by atoms with Gasteiger partial charge in [-0.3, -0.25) is 9.59 Å². The number of carbonyl (C=O) groups is 2. The summed E-state index contributed by atoms with van der Waals surface area (Å²) >= 11 is 0. The number of aryl methyl sites for hydroxylation is 1. The average molecular weight is 477 g/mol. The number of benzene rings is 3. The molecule has 0 heterocycles. The van der Waals surface area contributed by atoms with E-state index < -0.39 is 6.04 Å². The predicted molar refractivity (Wildman–Crippen MR) is 135 cm³/mol. The number of halogens is 1. The number of nitrogens with zero attached hydrogens (tertiary/aromatic N) is 1. The Morgan fingerprint density at radius 1 is 0.914 bits per heavy atom. The van der Waals surface area contributed by atoms with E-state index in [1.807, 2.05) is 75.4 Å². The Morgan fingerprint density at radius 3 is 2.23 bits per heavy atom. The van der Waals surface area contributed by atoms with Crippen molar-refractivity contribution in [1.29, 1.82) is 0 Å². The van der Waals surface area contributed by atoms with Gasteiger partial charge in [0.15, 0.2) is 6.61 Å². The van der Waals surface area contributed by atoms with Gasteiger partial charge >= 0.3 is 0 Å². The van der Waals surface area contributed by atoms with Crippen molar-refractivity contribution in [1.82, 2.24) is 10.2 Å². The maximum atomic E-state index is 13.5. The molecule has 0 spiro atoms. The molecule has 0 aromatic heterocycles. The van der Waals surface area contributed by atoms with Crippen molar-refractivity contribution in [3.05, 3.63) is 101 Å². The predicted octanol–water partition coefficient (Wildman–Crippen LogP) is 4.93. The number of rotatable bonds is 11. The lowest BCUT2D eigenvalue weighted by molar-refractivity contribution is -0.142. The SMILES string of the molecule is Cc1ccccc1OCC(=O)N(Cc1ccc(F)cc1)[C@@H](Cc1ccccc1)C(=O)NCC(C)C. The van der Waals surface area contributed by atoms with Crippen LogP contribution >= 0.6 is 0 Å². The number of hydrogen-bond acceptors (Lipinski definition) is 3. The molecule has 0 aliphatic rings. The molecule has 184 valence electrons. The van der Waals surface area contributed by atoms with Gasteiger partial charge in [0.2, 0.25) is 5.91 Å². The Labute approximate surface area is 206 Å². The van der Waals surface area contributed by atoms with Crippen LogP contribution in [0.25, 0.3) is 0 Å². The zero-order valence-electron chi connectivity index (χ0n) is 20.5. The van der Waals surface area contributed by atoms with E-state index in [1.165, 1.54) is 17.0 Å². The van der Waals surface area contributed by atoms with Gasteiger partial charge in [0.1, 0.15) is 17.6 Å². The Hall–Kier alpha value is -3.67. The van der Waals surface area contributed by atoms with Gasteiger partial charge in [-0.1, -0.05) is 74.5 Å². The van der Waals surface area contributed by atoms with Crippen molar-refractivity contribution in [2.75, 3.05) is 13.2 Å². The van der Waals surface area contributed by atoms with E-state index in [1.54, 1.807) is 12.1 Å². The van der Waals surface area contributed by atoms with Gasteiger partial charge in [-0.05, 0) is 47.7 Å². The van der Waals surface area contributed by atoms with Gasteiger partial charge in [0.25, 0.3) is 5.91 Å². The van der Waals surface area contributed by atoms with Gasteiger partial charge in [-0.15, -0.1) is 0 Å². The molecule has 1 atom stereocenters. The third kappa shape index (κ3) is 7.95. The van der Waals surface area contributed by atoms with Crippen molar-refractivity contribution in [2.24, 2.45) is 5.92 Å². The highest BCUT2D eigenvalue weighted by Gasteiger charge is 2.30. The van der Waals surface area contributed by atoms with Crippen LogP contribution in [0, 0.1) is 18.7 Å². The van der Waals surface area contributed by atoms with Crippen LogP contribution in [-0.2, 0) is 22.6 Å². The van der Waals surface area contributed by atoms with Crippen molar-refractivity contribution in [3.8, 4) is 5.75 Å². The molecular formula is C29H33FN2O3. The number of hydrogen-bond donors (Lipinski definition) is 1. The Bertz CT molecular complexity index is 1100. The lowest BCUT2D eigenvalue weighted by Crippen LogP contribution is -2.52. The van der Waals surface area contributed by atoms with E-state index in [-0.39, 0.29) is 36.7 Å². The second-order valence-corrected chi connectivity index (χ2v) is 9.05. The first-order valence-electron chi connectivity index (χ1n) is 11.9. The van der Waals surface area contributed by atoms with Crippen LogP contribution in [0.15, 0.2) is 78.9 Å². The van der Waals surface area contributed by atoms with Gasteiger partial charge in [-0.25, -0.2) is 4.39 Å². The summed E-state index contributed by atoms with van der Waals surface area (Å²) in [6.07, 6.45) is 0.349. The summed E-state index contributed by atoms with van der Waals surface area (Å²) in [5.74, 6) is -0.0226. The zero-order valence-corrected chi connectivity index (χ0v) is 20.5. The van der Waals surface area contributed by atoms with Crippen LogP contribution < -0.4 is 10.1 Å². The molecule has 0 bridgehead atoms. The van der Waals surface area contributed by atoms with Crippen molar-refractivity contribution in [2.45, 2.75) is 39.8 Å². The van der Waals surface area contributed by atoms with Crippen LogP contribution in [0.3, 0.4) is 0 Å². The van der Waals surface area contributed by atoms with E-state index in [4.69, 9.17) is 4.74 Å². The van der Waals surface area contributed by atoms with Crippen molar-refractivity contribution >= 4 is 11.8 Å². The second kappa shape index (κ2) is 12.7. The molecule has 0 saturated carbocycles. The standard InChI is InChI=1S/C29H33FN2O3/c1-21(2)18-31-29(34)26(17-23-10-5-4-6-11-23)32(19-24-13-15-25(30)16-14-24)28(33)20-35-27-12-8-7-9-22(27)3/h4-16,21,26H,17-20H2,1-3H3,(H,31,34)/t26-/m0/s1. The molecule has 0 unspecified atom stereocenters. The summed E-state index contributed by atoms with van der Waals surface area (Å²) in [5, 5.41) is 2.98. The van der Waals surface area contributed by atoms with Crippen molar-refractivity contribution < 1.29 is 18.7 Å². The maximum Gasteiger partial charge on any atom is 0.261 e. The highest BCUT2D eigenvalue weighted by molar-refractivity contribution is 5.88. The molecule has 5 nitrogen and oxygen atoms in total. The molecular weight excluding hydrogens is 443 g/mol. The summed E-state index contributed by atoms with van der Waals surface area (Å²) < 4.78 is 19.3. The Balaban J connectivity index is 1.90.